The molecule has 2 aliphatic rings. The Kier molecular flexibility index (Phi) is 4.13. The summed E-state index contributed by atoms with van der Waals surface area (Å²) in [5, 5.41) is 1.26. The van der Waals surface area contributed by atoms with Gasteiger partial charge in [0.2, 0.25) is 0 Å². The first-order valence-electron chi connectivity index (χ1n) is 10.1. The lowest BCUT2D eigenvalue weighted by Crippen LogP contribution is -2.44. The van der Waals surface area contributed by atoms with Crippen LogP contribution in [-0.4, -0.2) is 27.8 Å². The zero-order valence-corrected chi connectivity index (χ0v) is 15.9. The third-order valence-electron chi connectivity index (χ3n) is 6.56. The molecule has 3 heteroatoms. The standard InChI is InChI=1S/C24H26N2O/c1-25-22-10-6-5-9-20(22)21-15-19-13-18(14-23(27)24(21)25)11-12-26(19)16-17-7-3-2-4-8-17/h2-10,18-19H,11-16H2,1H3. The molecule has 0 radical (unpaired) electrons. The molecule has 2 aromatic carbocycles. The van der Waals surface area contributed by atoms with Crippen LogP contribution in [0.15, 0.2) is 54.6 Å². The normalized spacial score (nSPS) is 23.1. The number of hydrogen-bond donors (Lipinski definition) is 0. The van der Waals surface area contributed by atoms with E-state index in [1.807, 2.05) is 0 Å². The number of ketones is 1. The van der Waals surface area contributed by atoms with Crippen LogP contribution in [-0.2, 0) is 20.0 Å². The lowest BCUT2D eigenvalue weighted by molar-refractivity contribution is 0.0782. The Morgan fingerprint density at radius 1 is 1.00 bits per heavy atom. The van der Waals surface area contributed by atoms with Gasteiger partial charge in [-0.1, -0.05) is 48.5 Å². The summed E-state index contributed by atoms with van der Waals surface area (Å²) < 4.78 is 2.13. The summed E-state index contributed by atoms with van der Waals surface area (Å²) in [7, 11) is 2.05. The molecule has 2 unspecified atom stereocenters. The third-order valence-corrected chi connectivity index (χ3v) is 6.56. The number of Topliss-reactive ketones (excluding diaryl/α,β-unsaturated/α-hetero) is 1. The van der Waals surface area contributed by atoms with Crippen LogP contribution in [0.2, 0.25) is 0 Å². The highest BCUT2D eigenvalue weighted by atomic mass is 16.1. The van der Waals surface area contributed by atoms with E-state index in [2.05, 4.69) is 71.1 Å². The minimum absolute atomic E-state index is 0.337. The number of hydrogen-bond acceptors (Lipinski definition) is 2. The number of fused-ring (bicyclic) bond motifs is 5. The number of nitrogens with zero attached hydrogens (tertiary/aromatic N) is 2. The van der Waals surface area contributed by atoms with Gasteiger partial charge in [0.25, 0.3) is 0 Å². The second-order valence-corrected chi connectivity index (χ2v) is 8.24. The quantitative estimate of drug-likeness (QED) is 0.669. The lowest BCUT2D eigenvalue weighted by atomic mass is 9.80. The Bertz CT molecular complexity index is 988. The van der Waals surface area contributed by atoms with Gasteiger partial charge in [0, 0.05) is 37.0 Å². The summed E-state index contributed by atoms with van der Waals surface area (Å²) in [6, 6.07) is 19.8. The van der Waals surface area contributed by atoms with E-state index in [9.17, 15) is 4.79 Å². The van der Waals surface area contributed by atoms with E-state index >= 15 is 0 Å². The summed E-state index contributed by atoms with van der Waals surface area (Å²) in [6.45, 7) is 2.10. The van der Waals surface area contributed by atoms with E-state index < -0.39 is 0 Å². The van der Waals surface area contributed by atoms with Crippen molar-refractivity contribution >= 4 is 16.7 Å². The molecule has 2 atom stereocenters. The Morgan fingerprint density at radius 2 is 1.78 bits per heavy atom. The van der Waals surface area contributed by atoms with E-state index in [1.165, 1.54) is 22.0 Å². The van der Waals surface area contributed by atoms with E-state index in [0.717, 1.165) is 38.0 Å². The number of para-hydroxylation sites is 1. The van der Waals surface area contributed by atoms with E-state index in [1.54, 1.807) is 0 Å². The molecule has 0 N–H and O–H groups in total. The number of aromatic nitrogens is 1. The number of aryl methyl sites for hydroxylation is 1. The van der Waals surface area contributed by atoms with Gasteiger partial charge < -0.3 is 4.57 Å². The predicted molar refractivity (Wildman–Crippen MR) is 109 cm³/mol. The number of carbonyl (C=O) groups is 1. The van der Waals surface area contributed by atoms with Gasteiger partial charge in [-0.05, 0) is 48.9 Å². The predicted octanol–water partition coefficient (Wildman–Crippen LogP) is 4.59. The maximum atomic E-state index is 13.1. The van der Waals surface area contributed by atoms with Gasteiger partial charge in [-0.3, -0.25) is 9.69 Å². The molecule has 1 saturated heterocycles. The molecule has 0 saturated carbocycles. The Hall–Kier alpha value is -2.39. The molecule has 1 aliphatic carbocycles. The van der Waals surface area contributed by atoms with Gasteiger partial charge in [0.1, 0.15) is 0 Å². The van der Waals surface area contributed by atoms with Crippen LogP contribution >= 0.6 is 0 Å². The number of likely N-dealkylation sites (tertiary alicyclic amines) is 1. The highest BCUT2D eigenvalue weighted by molar-refractivity contribution is 6.03. The number of rotatable bonds is 2. The lowest BCUT2D eigenvalue weighted by Gasteiger charge is -2.41. The maximum Gasteiger partial charge on any atom is 0.179 e. The molecular weight excluding hydrogens is 332 g/mol. The van der Waals surface area contributed by atoms with Crippen molar-refractivity contribution in [2.45, 2.75) is 38.3 Å². The molecular formula is C24H26N2O. The molecule has 5 rings (SSSR count). The number of benzene rings is 2. The van der Waals surface area contributed by atoms with Crippen LogP contribution in [0.1, 0.15) is 40.9 Å². The first kappa shape index (κ1) is 16.8. The van der Waals surface area contributed by atoms with Crippen LogP contribution in [0.3, 0.4) is 0 Å². The smallest absolute Gasteiger partial charge is 0.179 e. The monoisotopic (exact) mass is 358 g/mol. The molecule has 0 spiro atoms. The van der Waals surface area contributed by atoms with Gasteiger partial charge in [0.15, 0.2) is 5.78 Å². The molecule has 138 valence electrons. The fourth-order valence-electron chi connectivity index (χ4n) is 5.23. The van der Waals surface area contributed by atoms with Crippen molar-refractivity contribution in [1.29, 1.82) is 0 Å². The molecule has 2 heterocycles. The highest BCUT2D eigenvalue weighted by Gasteiger charge is 2.35. The van der Waals surface area contributed by atoms with E-state index in [-0.39, 0.29) is 0 Å². The van der Waals surface area contributed by atoms with Gasteiger partial charge in [-0.15, -0.1) is 0 Å². The second kappa shape index (κ2) is 6.65. The average molecular weight is 358 g/mol. The first-order valence-corrected chi connectivity index (χ1v) is 10.1. The summed E-state index contributed by atoms with van der Waals surface area (Å²) in [4.78, 5) is 15.7. The van der Waals surface area contributed by atoms with Crippen molar-refractivity contribution in [1.82, 2.24) is 9.47 Å². The van der Waals surface area contributed by atoms with Crippen molar-refractivity contribution in [2.75, 3.05) is 6.54 Å². The van der Waals surface area contributed by atoms with Crippen molar-refractivity contribution in [3.63, 3.8) is 0 Å². The van der Waals surface area contributed by atoms with Crippen molar-refractivity contribution in [3.8, 4) is 0 Å². The minimum atomic E-state index is 0.337. The summed E-state index contributed by atoms with van der Waals surface area (Å²) in [5.41, 5.74) is 4.78. The fourth-order valence-corrected chi connectivity index (χ4v) is 5.23. The molecule has 2 bridgehead atoms. The van der Waals surface area contributed by atoms with E-state index in [4.69, 9.17) is 0 Å². The van der Waals surface area contributed by atoms with Crippen molar-refractivity contribution < 1.29 is 4.79 Å². The van der Waals surface area contributed by atoms with Gasteiger partial charge in [-0.25, -0.2) is 0 Å². The molecule has 3 aromatic rings. The summed E-state index contributed by atoms with van der Waals surface area (Å²) in [5.74, 6) is 0.865. The zero-order chi connectivity index (χ0) is 18.4. The largest absolute Gasteiger partial charge is 0.341 e. The molecule has 1 fully saturated rings. The number of carbonyl (C=O) groups excluding carboxylic acids is 1. The van der Waals surface area contributed by atoms with Crippen LogP contribution in [0.4, 0.5) is 0 Å². The summed E-state index contributed by atoms with van der Waals surface area (Å²) >= 11 is 0. The van der Waals surface area contributed by atoms with Crippen LogP contribution in [0.25, 0.3) is 10.9 Å². The summed E-state index contributed by atoms with van der Waals surface area (Å²) in [6.07, 6.45) is 3.95. The molecule has 27 heavy (non-hydrogen) atoms. The maximum absolute atomic E-state index is 13.1. The Balaban J connectivity index is 1.55. The Labute approximate surface area is 160 Å². The van der Waals surface area contributed by atoms with Gasteiger partial charge in [-0.2, -0.15) is 0 Å². The van der Waals surface area contributed by atoms with Gasteiger partial charge in [0.05, 0.1) is 5.69 Å². The molecule has 1 aliphatic heterocycles. The first-order chi connectivity index (χ1) is 13.2. The average Bonchev–Trinajstić information content (AvgIpc) is 2.96. The fraction of sp³-hybridized carbons (Fsp3) is 0.375. The second-order valence-electron chi connectivity index (χ2n) is 8.24. The van der Waals surface area contributed by atoms with E-state index in [0.29, 0.717) is 24.2 Å². The zero-order valence-electron chi connectivity index (χ0n) is 15.9. The molecule has 1 aromatic heterocycles. The minimum Gasteiger partial charge on any atom is -0.341 e. The molecule has 0 amide bonds. The van der Waals surface area contributed by atoms with Crippen molar-refractivity contribution in [3.05, 3.63) is 71.4 Å². The van der Waals surface area contributed by atoms with Crippen LogP contribution in [0, 0.1) is 5.92 Å². The van der Waals surface area contributed by atoms with Crippen molar-refractivity contribution in [2.24, 2.45) is 13.0 Å². The third kappa shape index (κ3) is 2.90. The Morgan fingerprint density at radius 3 is 2.63 bits per heavy atom. The van der Waals surface area contributed by atoms with Crippen LogP contribution in [0.5, 0.6) is 0 Å². The van der Waals surface area contributed by atoms with Gasteiger partial charge >= 0.3 is 0 Å². The highest BCUT2D eigenvalue weighted by Crippen LogP contribution is 2.37. The SMILES string of the molecule is Cn1c2c(c3ccccc31)CC1CC(CCN1Cc1ccccc1)CC2=O. The topological polar surface area (TPSA) is 25.2 Å². The number of piperidine rings is 1. The molecule has 3 nitrogen and oxygen atoms in total. The van der Waals surface area contributed by atoms with Crippen LogP contribution < -0.4 is 0 Å².